The van der Waals surface area contributed by atoms with Crippen LogP contribution in [0.2, 0.25) is 0 Å². The lowest BCUT2D eigenvalue weighted by Gasteiger charge is -2.44. The van der Waals surface area contributed by atoms with Crippen molar-refractivity contribution in [3.05, 3.63) is 40.5 Å². The maximum Gasteiger partial charge on any atom is 0.235 e. The fraction of sp³-hybridized carbons (Fsp3) is 0.545. The minimum absolute atomic E-state index is 0.0540. The van der Waals surface area contributed by atoms with Crippen molar-refractivity contribution in [2.24, 2.45) is 0 Å². The monoisotopic (exact) mass is 460 g/mol. The van der Waals surface area contributed by atoms with Crippen LogP contribution in [0.3, 0.4) is 0 Å². The minimum atomic E-state index is -0.471. The molecule has 8 nitrogen and oxygen atoms in total. The number of rotatable bonds is 5. The quantitative estimate of drug-likeness (QED) is 0.530. The van der Waals surface area contributed by atoms with Crippen LogP contribution in [0, 0.1) is 5.82 Å². The smallest absolute Gasteiger partial charge is 0.235 e. The highest BCUT2D eigenvalue weighted by Gasteiger charge is 2.42. The Morgan fingerprint density at radius 1 is 1.28 bits per heavy atom. The van der Waals surface area contributed by atoms with Gasteiger partial charge in [0.05, 0.1) is 25.1 Å². The fourth-order valence-corrected chi connectivity index (χ4v) is 5.54. The zero-order valence-electron chi connectivity index (χ0n) is 17.9. The van der Waals surface area contributed by atoms with Gasteiger partial charge in [0.2, 0.25) is 5.91 Å². The summed E-state index contributed by atoms with van der Waals surface area (Å²) in [6, 6.07) is 6.67. The molecule has 1 aromatic heterocycles. The molecule has 4 heterocycles. The molecule has 0 bridgehead atoms. The van der Waals surface area contributed by atoms with Crippen LogP contribution in [0.1, 0.15) is 23.8 Å². The number of hydrogen-bond acceptors (Lipinski definition) is 8. The molecular weight excluding hydrogens is 431 g/mol. The van der Waals surface area contributed by atoms with Crippen molar-refractivity contribution >= 4 is 17.2 Å². The molecular formula is C22H29FN6O2S. The van der Waals surface area contributed by atoms with Crippen molar-refractivity contribution in [2.75, 3.05) is 39.4 Å². The summed E-state index contributed by atoms with van der Waals surface area (Å²) in [5, 5.41) is 16.5. The van der Waals surface area contributed by atoms with Crippen LogP contribution in [0.5, 0.6) is 0 Å². The standard InChI is InChI=1S/C22H29FN6O2S/c23-15-4-1-3-14(11-15)17-13-32-21(26-17)18-19(25-16-5-2-6-24-12-16)27-22(28-20(18)30)29-7-9-31-10-8-29/h1,3-4,11,13,16,18-19,22,24-25,27H,2,5-10,12H2,(H,28,30)/t16-,18?,19?,22?/m1/s1. The lowest BCUT2D eigenvalue weighted by molar-refractivity contribution is -0.131. The first kappa shape index (κ1) is 21.9. The first-order valence-corrected chi connectivity index (χ1v) is 12.1. The summed E-state index contributed by atoms with van der Waals surface area (Å²) < 4.78 is 19.2. The Labute approximate surface area is 190 Å². The molecule has 4 atom stereocenters. The fourth-order valence-electron chi connectivity index (χ4n) is 4.57. The molecule has 3 fully saturated rings. The molecule has 0 saturated carbocycles. The molecule has 0 spiro atoms. The molecule has 5 rings (SSSR count). The molecule has 0 radical (unpaired) electrons. The topological polar surface area (TPSA) is 90.6 Å². The third-order valence-corrected chi connectivity index (χ3v) is 7.19. The number of ether oxygens (including phenoxy) is 1. The van der Waals surface area contributed by atoms with Crippen LogP contribution in [0.25, 0.3) is 11.3 Å². The minimum Gasteiger partial charge on any atom is -0.379 e. The van der Waals surface area contributed by atoms with Gasteiger partial charge < -0.3 is 15.4 Å². The highest BCUT2D eigenvalue weighted by molar-refractivity contribution is 7.10. The number of aromatic nitrogens is 1. The zero-order chi connectivity index (χ0) is 21.9. The highest BCUT2D eigenvalue weighted by atomic mass is 32.1. The number of halogens is 1. The van der Waals surface area contributed by atoms with Crippen LogP contribution < -0.4 is 21.3 Å². The molecule has 3 aliphatic rings. The second-order valence-corrected chi connectivity index (χ2v) is 9.36. The molecule has 4 N–H and O–H groups in total. The number of nitrogens with zero attached hydrogens (tertiary/aromatic N) is 2. The van der Waals surface area contributed by atoms with E-state index < -0.39 is 5.92 Å². The Kier molecular flexibility index (Phi) is 6.77. The molecule has 172 valence electrons. The van der Waals surface area contributed by atoms with E-state index in [-0.39, 0.29) is 30.2 Å². The predicted octanol–water partition coefficient (Wildman–Crippen LogP) is 1.04. The highest BCUT2D eigenvalue weighted by Crippen LogP contribution is 2.30. The Morgan fingerprint density at radius 2 is 2.16 bits per heavy atom. The van der Waals surface area contributed by atoms with Gasteiger partial charge in [-0.05, 0) is 31.5 Å². The number of benzene rings is 1. The normalized spacial score (nSPS) is 29.6. The third-order valence-electron chi connectivity index (χ3n) is 6.26. The van der Waals surface area contributed by atoms with Gasteiger partial charge in [-0.25, -0.2) is 9.37 Å². The predicted molar refractivity (Wildman–Crippen MR) is 121 cm³/mol. The number of nitrogens with one attached hydrogen (secondary N) is 4. The van der Waals surface area contributed by atoms with Crippen molar-refractivity contribution in [1.29, 1.82) is 0 Å². The van der Waals surface area contributed by atoms with Gasteiger partial charge in [-0.1, -0.05) is 12.1 Å². The largest absolute Gasteiger partial charge is 0.379 e. The third kappa shape index (κ3) is 4.85. The summed E-state index contributed by atoms with van der Waals surface area (Å²) in [7, 11) is 0. The van der Waals surface area contributed by atoms with E-state index >= 15 is 0 Å². The van der Waals surface area contributed by atoms with Crippen molar-refractivity contribution < 1.29 is 13.9 Å². The van der Waals surface area contributed by atoms with E-state index in [1.54, 1.807) is 6.07 Å². The average molecular weight is 461 g/mol. The van der Waals surface area contributed by atoms with E-state index in [4.69, 9.17) is 9.72 Å². The maximum absolute atomic E-state index is 13.7. The number of morpholine rings is 1. The van der Waals surface area contributed by atoms with Gasteiger partial charge in [0.25, 0.3) is 0 Å². The van der Waals surface area contributed by atoms with E-state index in [0.29, 0.717) is 24.5 Å². The van der Waals surface area contributed by atoms with E-state index in [2.05, 4.69) is 26.2 Å². The van der Waals surface area contributed by atoms with Gasteiger partial charge in [0, 0.05) is 36.6 Å². The molecule has 10 heteroatoms. The molecule has 2 aromatic rings. The molecule has 0 aliphatic carbocycles. The van der Waals surface area contributed by atoms with Gasteiger partial charge in [-0.2, -0.15) is 0 Å². The molecule has 3 aliphatic heterocycles. The lowest BCUT2D eigenvalue weighted by atomic mass is 10.00. The van der Waals surface area contributed by atoms with Gasteiger partial charge >= 0.3 is 0 Å². The number of thiazole rings is 1. The summed E-state index contributed by atoms with van der Waals surface area (Å²) >= 11 is 1.44. The Morgan fingerprint density at radius 3 is 2.94 bits per heavy atom. The van der Waals surface area contributed by atoms with E-state index in [9.17, 15) is 9.18 Å². The molecule has 3 saturated heterocycles. The second kappa shape index (κ2) is 9.90. The molecule has 3 unspecified atom stereocenters. The van der Waals surface area contributed by atoms with Gasteiger partial charge in [0.1, 0.15) is 23.0 Å². The van der Waals surface area contributed by atoms with Crippen molar-refractivity contribution in [2.45, 2.75) is 37.3 Å². The summed E-state index contributed by atoms with van der Waals surface area (Å²) in [5.74, 6) is -0.824. The first-order valence-electron chi connectivity index (χ1n) is 11.2. The Hall–Kier alpha value is -1.95. The molecule has 32 heavy (non-hydrogen) atoms. The average Bonchev–Trinajstić information content (AvgIpc) is 3.30. The molecule has 1 aromatic carbocycles. The summed E-state index contributed by atoms with van der Waals surface area (Å²) in [6.07, 6.45) is 1.66. The van der Waals surface area contributed by atoms with Crippen molar-refractivity contribution in [3.8, 4) is 11.3 Å². The Balaban J connectivity index is 1.39. The second-order valence-electron chi connectivity index (χ2n) is 8.47. The maximum atomic E-state index is 13.7. The lowest BCUT2D eigenvalue weighted by Crippen LogP contribution is -2.71. The number of piperidine rings is 1. The summed E-state index contributed by atoms with van der Waals surface area (Å²) in [5.41, 5.74) is 1.40. The van der Waals surface area contributed by atoms with Gasteiger partial charge in [-0.3, -0.25) is 20.3 Å². The van der Waals surface area contributed by atoms with Crippen LogP contribution in [-0.4, -0.2) is 73.7 Å². The van der Waals surface area contributed by atoms with Gasteiger partial charge in [0.15, 0.2) is 0 Å². The first-order chi connectivity index (χ1) is 15.7. The zero-order valence-corrected chi connectivity index (χ0v) is 18.7. The van der Waals surface area contributed by atoms with E-state index in [0.717, 1.165) is 44.0 Å². The van der Waals surface area contributed by atoms with Gasteiger partial charge in [-0.15, -0.1) is 11.3 Å². The van der Waals surface area contributed by atoms with Crippen LogP contribution in [0.15, 0.2) is 29.6 Å². The van der Waals surface area contributed by atoms with E-state index in [1.807, 2.05) is 11.4 Å². The van der Waals surface area contributed by atoms with E-state index in [1.165, 1.54) is 23.5 Å². The molecule has 1 amide bonds. The number of hydrogen-bond donors (Lipinski definition) is 4. The van der Waals surface area contributed by atoms with Crippen LogP contribution in [-0.2, 0) is 9.53 Å². The van der Waals surface area contributed by atoms with Crippen LogP contribution in [0.4, 0.5) is 4.39 Å². The number of amides is 1. The SMILES string of the molecule is O=C1NC(N2CCOCC2)NC(N[C@@H]2CCCNC2)C1c1nc(-c2cccc(F)c2)cs1. The van der Waals surface area contributed by atoms with Crippen molar-refractivity contribution in [3.63, 3.8) is 0 Å². The number of carbonyl (C=O) groups excluding carboxylic acids is 1. The van der Waals surface area contributed by atoms with Crippen LogP contribution >= 0.6 is 11.3 Å². The van der Waals surface area contributed by atoms with Crippen molar-refractivity contribution in [1.82, 2.24) is 31.2 Å². The summed E-state index contributed by atoms with van der Waals surface area (Å²) in [4.78, 5) is 20.3. The Bertz CT molecular complexity index is 931. The summed E-state index contributed by atoms with van der Waals surface area (Å²) in [6.45, 7) is 4.75. The number of carbonyl (C=O) groups is 1.